The average molecular weight is 667 g/mol. The molecule has 12 nitrogen and oxygen atoms in total. The molecule has 5 N–H and O–H groups in total. The van der Waals surface area contributed by atoms with Crippen molar-refractivity contribution >= 4 is 27.5 Å². The fourth-order valence-corrected chi connectivity index (χ4v) is 6.31. The van der Waals surface area contributed by atoms with Crippen molar-refractivity contribution in [1.29, 1.82) is 0 Å². The number of carbonyl (C=O) groups is 2. The maximum atomic E-state index is 13.8. The minimum atomic E-state index is -3.83. The summed E-state index contributed by atoms with van der Waals surface area (Å²) in [6.07, 6.45) is 1.73. The van der Waals surface area contributed by atoms with E-state index >= 15 is 0 Å². The van der Waals surface area contributed by atoms with Crippen molar-refractivity contribution in [2.75, 3.05) is 26.6 Å². The van der Waals surface area contributed by atoms with E-state index < -0.39 is 22.1 Å². The maximum Gasteiger partial charge on any atom is 0.243 e. The Labute approximate surface area is 275 Å². The number of sulfonamides is 1. The predicted octanol–water partition coefficient (Wildman–Crippen LogP) is 3.65. The molecule has 0 spiro atoms. The first-order chi connectivity index (χ1) is 22.3. The number of hydrogen-bond donors (Lipinski definition) is 4. The number of methoxy groups -OCH3 is 3. The molecule has 252 valence electrons. The summed E-state index contributed by atoms with van der Waals surface area (Å²) in [6.45, 7) is 5.43. The first-order valence-electron chi connectivity index (χ1n) is 15.3. The van der Waals surface area contributed by atoms with Crippen LogP contribution in [0.1, 0.15) is 56.3 Å². The van der Waals surface area contributed by atoms with Crippen LogP contribution in [0.2, 0.25) is 0 Å². The SMILES string of the molecule is CC[C@@H](C)[C@H](Nc1ccc2c(cc1=O)[C@@H](NC(C)=O)CCc1cc(OC)c(OC)c(OC)c1-2)C(=O)NCc1ccc(S(N)(=O)=O)cc1. The molecule has 13 heteroatoms. The zero-order valence-electron chi connectivity index (χ0n) is 27.4. The van der Waals surface area contributed by atoms with Crippen molar-refractivity contribution < 1.29 is 32.2 Å². The van der Waals surface area contributed by atoms with Gasteiger partial charge in [-0.1, -0.05) is 38.5 Å². The molecule has 3 atom stereocenters. The Balaban J connectivity index is 1.76. The summed E-state index contributed by atoms with van der Waals surface area (Å²) < 4.78 is 40.3. The van der Waals surface area contributed by atoms with Gasteiger partial charge in [-0.2, -0.15) is 0 Å². The van der Waals surface area contributed by atoms with Crippen molar-refractivity contribution in [2.45, 2.75) is 63.6 Å². The van der Waals surface area contributed by atoms with E-state index in [-0.39, 0.29) is 40.3 Å². The second kappa shape index (κ2) is 14.9. The first-order valence-corrected chi connectivity index (χ1v) is 16.8. The summed E-state index contributed by atoms with van der Waals surface area (Å²) in [5, 5.41) is 14.3. The Kier molecular flexibility index (Phi) is 11.1. The number of nitrogens with two attached hydrogens (primary N) is 1. The van der Waals surface area contributed by atoms with Gasteiger partial charge in [0.25, 0.3) is 0 Å². The molecule has 3 aromatic carbocycles. The van der Waals surface area contributed by atoms with Crippen LogP contribution in [0.4, 0.5) is 5.69 Å². The summed E-state index contributed by atoms with van der Waals surface area (Å²) in [4.78, 5) is 39.6. The molecule has 0 saturated heterocycles. The van der Waals surface area contributed by atoms with Gasteiger partial charge in [-0.15, -0.1) is 0 Å². The molecule has 1 aliphatic carbocycles. The lowest BCUT2D eigenvalue weighted by atomic mass is 9.95. The predicted molar refractivity (Wildman–Crippen MR) is 179 cm³/mol. The number of primary sulfonamides is 1. The van der Waals surface area contributed by atoms with Crippen LogP contribution in [0.15, 0.2) is 58.2 Å². The molecule has 0 saturated carbocycles. The average Bonchev–Trinajstić information content (AvgIpc) is 3.28. The molecule has 4 rings (SSSR count). The molecule has 1 aliphatic rings. The Morgan fingerprint density at radius 1 is 1.00 bits per heavy atom. The highest BCUT2D eigenvalue weighted by Crippen LogP contribution is 2.50. The Morgan fingerprint density at radius 2 is 1.68 bits per heavy atom. The van der Waals surface area contributed by atoms with Gasteiger partial charge in [0, 0.05) is 19.0 Å². The number of hydrogen-bond acceptors (Lipinski definition) is 9. The van der Waals surface area contributed by atoms with Crippen molar-refractivity contribution in [3.63, 3.8) is 0 Å². The highest BCUT2D eigenvalue weighted by atomic mass is 32.2. The lowest BCUT2D eigenvalue weighted by Crippen LogP contribution is -2.44. The van der Waals surface area contributed by atoms with E-state index in [4.69, 9.17) is 19.3 Å². The summed E-state index contributed by atoms with van der Waals surface area (Å²) in [5.74, 6) is 0.609. The molecule has 0 heterocycles. The highest BCUT2D eigenvalue weighted by molar-refractivity contribution is 7.89. The monoisotopic (exact) mass is 666 g/mol. The van der Waals surface area contributed by atoms with Crippen LogP contribution >= 0.6 is 0 Å². The zero-order chi connectivity index (χ0) is 34.5. The number of ether oxygens (including phenoxy) is 3. The van der Waals surface area contributed by atoms with Crippen molar-refractivity contribution in [2.24, 2.45) is 11.1 Å². The minimum absolute atomic E-state index is 0.0244. The molecule has 3 aromatic rings. The number of amides is 2. The van der Waals surface area contributed by atoms with E-state index in [1.807, 2.05) is 19.9 Å². The zero-order valence-corrected chi connectivity index (χ0v) is 28.2. The number of carbonyl (C=O) groups excluding carboxylic acids is 2. The third kappa shape index (κ3) is 7.86. The second-order valence-corrected chi connectivity index (χ2v) is 13.1. The number of benzene rings is 2. The second-order valence-electron chi connectivity index (χ2n) is 11.5. The first kappa shape index (κ1) is 35.2. The lowest BCUT2D eigenvalue weighted by Gasteiger charge is -2.24. The highest BCUT2D eigenvalue weighted by Gasteiger charge is 2.30. The fraction of sp³-hybridized carbons (Fsp3) is 0.382. The number of nitrogens with one attached hydrogen (secondary N) is 3. The molecule has 2 amide bonds. The van der Waals surface area contributed by atoms with Crippen LogP contribution in [0.3, 0.4) is 0 Å². The smallest absolute Gasteiger partial charge is 0.243 e. The van der Waals surface area contributed by atoms with Crippen LogP contribution in [0, 0.1) is 5.92 Å². The van der Waals surface area contributed by atoms with E-state index in [0.717, 1.165) is 11.1 Å². The summed E-state index contributed by atoms with van der Waals surface area (Å²) in [5.41, 5.74) is 3.43. The van der Waals surface area contributed by atoms with Gasteiger partial charge in [0.15, 0.2) is 11.5 Å². The van der Waals surface area contributed by atoms with Gasteiger partial charge in [0.05, 0.1) is 38.0 Å². The fourth-order valence-electron chi connectivity index (χ4n) is 5.79. The third-order valence-corrected chi connectivity index (χ3v) is 9.37. The molecule has 0 bridgehead atoms. The van der Waals surface area contributed by atoms with Crippen LogP contribution in [-0.4, -0.2) is 47.6 Å². The number of anilines is 1. The minimum Gasteiger partial charge on any atom is -0.493 e. The molecule has 0 fully saturated rings. The van der Waals surface area contributed by atoms with Gasteiger partial charge in [-0.05, 0) is 71.3 Å². The van der Waals surface area contributed by atoms with Crippen LogP contribution < -0.4 is 40.7 Å². The van der Waals surface area contributed by atoms with Crippen LogP contribution in [0.5, 0.6) is 17.2 Å². The van der Waals surface area contributed by atoms with Crippen molar-refractivity contribution in [1.82, 2.24) is 10.6 Å². The summed E-state index contributed by atoms with van der Waals surface area (Å²) >= 11 is 0. The Hall–Kier alpha value is -4.62. The topological polar surface area (TPSA) is 175 Å². The molecule has 0 aromatic heterocycles. The van der Waals surface area contributed by atoms with Gasteiger partial charge >= 0.3 is 0 Å². The van der Waals surface area contributed by atoms with Crippen LogP contribution in [0.25, 0.3) is 11.1 Å². The largest absolute Gasteiger partial charge is 0.493 e. The van der Waals surface area contributed by atoms with Gasteiger partial charge in [0.1, 0.15) is 6.04 Å². The van der Waals surface area contributed by atoms with E-state index in [1.165, 1.54) is 39.3 Å². The summed E-state index contributed by atoms with van der Waals surface area (Å²) in [6, 6.07) is 11.5. The molecule has 0 aliphatic heterocycles. The van der Waals surface area contributed by atoms with E-state index in [9.17, 15) is 22.8 Å². The molecule has 47 heavy (non-hydrogen) atoms. The van der Waals surface area contributed by atoms with E-state index in [1.54, 1.807) is 31.4 Å². The quantitative estimate of drug-likeness (QED) is 0.225. The Bertz CT molecular complexity index is 1810. The normalized spacial score (nSPS) is 15.2. The van der Waals surface area contributed by atoms with Gasteiger partial charge in [-0.25, -0.2) is 13.6 Å². The van der Waals surface area contributed by atoms with Crippen molar-refractivity contribution in [3.05, 3.63) is 75.4 Å². The van der Waals surface area contributed by atoms with Crippen molar-refractivity contribution in [3.8, 4) is 28.4 Å². The summed E-state index contributed by atoms with van der Waals surface area (Å²) in [7, 11) is 0.766. The molecule has 0 radical (unpaired) electrons. The van der Waals surface area contributed by atoms with Crippen LogP contribution in [-0.2, 0) is 32.6 Å². The Morgan fingerprint density at radius 3 is 2.26 bits per heavy atom. The third-order valence-electron chi connectivity index (χ3n) is 8.44. The van der Waals surface area contributed by atoms with Gasteiger partial charge in [0.2, 0.25) is 33.0 Å². The lowest BCUT2D eigenvalue weighted by molar-refractivity contribution is -0.123. The maximum absolute atomic E-state index is 13.8. The van der Waals surface area contributed by atoms with Gasteiger partial charge < -0.3 is 30.2 Å². The van der Waals surface area contributed by atoms with E-state index in [0.29, 0.717) is 53.2 Å². The number of aryl methyl sites for hydroxylation is 1. The molecule has 0 unspecified atom stereocenters. The molecular formula is C34H42N4O8S. The van der Waals surface area contributed by atoms with Gasteiger partial charge in [-0.3, -0.25) is 14.4 Å². The number of rotatable bonds is 12. The molecular weight excluding hydrogens is 624 g/mol. The standard InChI is InChI=1S/C34H42N4O8S/c1-7-19(2)31(34(41)36-18-21-8-11-23(12-9-21)47(35,42)43)38-27-15-13-24-25(17-28(27)40)26(37-20(3)39)14-10-22-16-29(44-4)32(45-5)33(46-6)30(22)24/h8-9,11-13,15-17,19,26,31H,7,10,14,18H2,1-6H3,(H,36,41)(H,37,39)(H,38,40)(H2,35,42,43)/t19-,26+,31+/m1/s1. The van der Waals surface area contributed by atoms with E-state index in [2.05, 4.69) is 16.0 Å². The number of fused-ring (bicyclic) bond motifs is 3.